The second-order valence-corrected chi connectivity index (χ2v) is 7.54. The lowest BCUT2D eigenvalue weighted by molar-refractivity contribution is -0.120. The Morgan fingerprint density at radius 3 is 2.70 bits per heavy atom. The van der Waals surface area contributed by atoms with Gasteiger partial charge in [-0.25, -0.2) is 0 Å². The molecular formula is C22H33N7O. The molecule has 1 aromatic heterocycles. The third-order valence-corrected chi connectivity index (χ3v) is 5.22. The molecule has 8 nitrogen and oxygen atoms in total. The van der Waals surface area contributed by atoms with Crippen molar-refractivity contribution in [3.8, 4) is 0 Å². The zero-order valence-corrected chi connectivity index (χ0v) is 18.3. The molecule has 0 saturated carbocycles. The molecule has 8 heteroatoms. The zero-order chi connectivity index (χ0) is 21.3. The fraction of sp³-hybridized carbons (Fsp3) is 0.500. The van der Waals surface area contributed by atoms with Crippen LogP contribution in [0.5, 0.6) is 0 Å². The van der Waals surface area contributed by atoms with Crippen LogP contribution in [0.2, 0.25) is 0 Å². The van der Waals surface area contributed by atoms with Gasteiger partial charge in [-0.3, -0.25) is 14.5 Å². The van der Waals surface area contributed by atoms with Crippen molar-refractivity contribution in [2.75, 3.05) is 56.1 Å². The number of para-hydroxylation sites is 1. The van der Waals surface area contributed by atoms with E-state index in [2.05, 4.69) is 58.5 Å². The van der Waals surface area contributed by atoms with Gasteiger partial charge in [-0.2, -0.15) is 5.10 Å². The number of aryl methyl sites for hydroxylation is 1. The Morgan fingerprint density at radius 1 is 1.23 bits per heavy atom. The average Bonchev–Trinajstić information content (AvgIpc) is 3.19. The molecule has 3 rings (SSSR count). The van der Waals surface area contributed by atoms with Crippen LogP contribution in [0, 0.1) is 0 Å². The van der Waals surface area contributed by atoms with E-state index in [1.165, 1.54) is 5.69 Å². The number of nitrogens with zero attached hydrogens (tertiary/aromatic N) is 6. The Kier molecular flexibility index (Phi) is 7.70. The average molecular weight is 412 g/mol. The standard InChI is InChI=1S/C22H33N7O/c1-4-23-22(24-12-8-9-13-26(2)19-10-6-5-7-11-19)28-14-15-29(21(30)18-28)20-16-25-27(3)17-20/h5-7,10-11,16-17H,4,8-9,12-15,18H2,1-3H3,(H,23,24). The number of hydrogen-bond donors (Lipinski definition) is 1. The monoisotopic (exact) mass is 411 g/mol. The van der Waals surface area contributed by atoms with Crippen LogP contribution in [0.4, 0.5) is 11.4 Å². The van der Waals surface area contributed by atoms with E-state index in [0.29, 0.717) is 13.1 Å². The van der Waals surface area contributed by atoms with Crippen molar-refractivity contribution in [1.29, 1.82) is 0 Å². The third kappa shape index (κ3) is 5.75. The number of benzene rings is 1. The number of unbranched alkanes of at least 4 members (excludes halogenated alkanes) is 1. The Balaban J connectivity index is 1.48. The van der Waals surface area contributed by atoms with Gasteiger partial charge in [-0.1, -0.05) is 18.2 Å². The quantitative estimate of drug-likeness (QED) is 0.409. The van der Waals surface area contributed by atoms with Gasteiger partial charge < -0.3 is 20.0 Å². The van der Waals surface area contributed by atoms with E-state index in [-0.39, 0.29) is 5.91 Å². The molecule has 1 saturated heterocycles. The fourth-order valence-corrected chi connectivity index (χ4v) is 3.56. The van der Waals surface area contributed by atoms with Crippen LogP contribution in [-0.4, -0.2) is 72.9 Å². The zero-order valence-electron chi connectivity index (χ0n) is 18.3. The molecular weight excluding hydrogens is 378 g/mol. The van der Waals surface area contributed by atoms with Crippen molar-refractivity contribution >= 4 is 23.2 Å². The number of rotatable bonds is 8. The van der Waals surface area contributed by atoms with Crippen LogP contribution in [0.3, 0.4) is 0 Å². The number of carbonyl (C=O) groups is 1. The van der Waals surface area contributed by atoms with Crippen molar-refractivity contribution in [3.05, 3.63) is 42.7 Å². The molecule has 1 amide bonds. The van der Waals surface area contributed by atoms with E-state index in [9.17, 15) is 4.79 Å². The maximum Gasteiger partial charge on any atom is 0.246 e. The molecule has 1 aromatic carbocycles. The number of guanidine groups is 1. The predicted molar refractivity (Wildman–Crippen MR) is 122 cm³/mol. The summed E-state index contributed by atoms with van der Waals surface area (Å²) in [5, 5.41) is 7.50. The number of hydrogen-bond acceptors (Lipinski definition) is 4. The second-order valence-electron chi connectivity index (χ2n) is 7.54. The molecule has 0 atom stereocenters. The molecule has 1 fully saturated rings. The summed E-state index contributed by atoms with van der Waals surface area (Å²) in [6.07, 6.45) is 5.69. The third-order valence-electron chi connectivity index (χ3n) is 5.22. The molecule has 2 heterocycles. The summed E-state index contributed by atoms with van der Waals surface area (Å²) >= 11 is 0. The van der Waals surface area contributed by atoms with Crippen LogP contribution in [0.1, 0.15) is 19.8 Å². The molecule has 0 bridgehead atoms. The Hall–Kier alpha value is -3.03. The summed E-state index contributed by atoms with van der Waals surface area (Å²) in [5.74, 6) is 0.900. The molecule has 0 spiro atoms. The molecule has 162 valence electrons. The van der Waals surface area contributed by atoms with Crippen LogP contribution < -0.4 is 15.1 Å². The van der Waals surface area contributed by atoms with Crippen molar-refractivity contribution in [2.45, 2.75) is 19.8 Å². The number of aliphatic imine (C=N–C) groups is 1. The number of aromatic nitrogens is 2. The minimum Gasteiger partial charge on any atom is -0.375 e. The molecule has 1 N–H and O–H groups in total. The van der Waals surface area contributed by atoms with Crippen molar-refractivity contribution in [2.24, 2.45) is 12.0 Å². The van der Waals surface area contributed by atoms with Crippen LogP contribution in [0.25, 0.3) is 0 Å². The first-order valence-corrected chi connectivity index (χ1v) is 10.7. The van der Waals surface area contributed by atoms with Crippen LogP contribution in [0.15, 0.2) is 47.7 Å². The molecule has 2 aromatic rings. The van der Waals surface area contributed by atoms with Crippen LogP contribution >= 0.6 is 0 Å². The highest BCUT2D eigenvalue weighted by molar-refractivity contribution is 5.98. The molecule has 30 heavy (non-hydrogen) atoms. The SMILES string of the molecule is CCNC(=NCCCCN(C)c1ccccc1)N1CCN(c2cnn(C)c2)C(=O)C1. The summed E-state index contributed by atoms with van der Waals surface area (Å²) in [7, 11) is 3.98. The highest BCUT2D eigenvalue weighted by Crippen LogP contribution is 2.16. The number of amides is 1. The lowest BCUT2D eigenvalue weighted by atomic mass is 10.2. The van der Waals surface area contributed by atoms with Gasteiger partial charge in [0.25, 0.3) is 0 Å². The minimum atomic E-state index is 0.0735. The summed E-state index contributed by atoms with van der Waals surface area (Å²) < 4.78 is 1.72. The van der Waals surface area contributed by atoms with Gasteiger partial charge in [0.05, 0.1) is 11.9 Å². The minimum absolute atomic E-state index is 0.0735. The normalized spacial score (nSPS) is 14.9. The van der Waals surface area contributed by atoms with E-state index in [1.54, 1.807) is 15.8 Å². The van der Waals surface area contributed by atoms with Crippen molar-refractivity contribution < 1.29 is 4.79 Å². The Morgan fingerprint density at radius 2 is 2.03 bits per heavy atom. The van der Waals surface area contributed by atoms with Gasteiger partial charge >= 0.3 is 0 Å². The fourth-order valence-electron chi connectivity index (χ4n) is 3.56. The van der Waals surface area contributed by atoms with E-state index >= 15 is 0 Å². The van der Waals surface area contributed by atoms with E-state index in [4.69, 9.17) is 4.99 Å². The Labute approximate surface area is 179 Å². The topological polar surface area (TPSA) is 69.0 Å². The summed E-state index contributed by atoms with van der Waals surface area (Å²) in [6, 6.07) is 10.4. The first-order chi connectivity index (χ1) is 14.6. The highest BCUT2D eigenvalue weighted by Gasteiger charge is 2.27. The van der Waals surface area contributed by atoms with E-state index in [1.807, 2.05) is 19.3 Å². The lowest BCUT2D eigenvalue weighted by Crippen LogP contribution is -2.55. The summed E-state index contributed by atoms with van der Waals surface area (Å²) in [5.41, 5.74) is 2.09. The largest absolute Gasteiger partial charge is 0.375 e. The highest BCUT2D eigenvalue weighted by atomic mass is 16.2. The first-order valence-electron chi connectivity index (χ1n) is 10.7. The van der Waals surface area contributed by atoms with Crippen molar-refractivity contribution in [3.63, 3.8) is 0 Å². The maximum absolute atomic E-state index is 12.7. The molecule has 0 radical (unpaired) electrons. The molecule has 1 aliphatic heterocycles. The van der Waals surface area contributed by atoms with E-state index in [0.717, 1.165) is 50.7 Å². The summed E-state index contributed by atoms with van der Waals surface area (Å²) in [4.78, 5) is 23.6. The smallest absolute Gasteiger partial charge is 0.246 e. The number of piperazine rings is 1. The summed E-state index contributed by atoms with van der Waals surface area (Å²) in [6.45, 7) is 6.31. The predicted octanol–water partition coefficient (Wildman–Crippen LogP) is 1.95. The second kappa shape index (κ2) is 10.7. The van der Waals surface area contributed by atoms with Gasteiger partial charge in [0, 0.05) is 58.7 Å². The first kappa shape index (κ1) is 21.7. The lowest BCUT2D eigenvalue weighted by Gasteiger charge is -2.35. The maximum atomic E-state index is 12.7. The molecule has 0 aliphatic carbocycles. The van der Waals surface area contributed by atoms with Crippen LogP contribution in [-0.2, 0) is 11.8 Å². The number of nitrogens with one attached hydrogen (secondary N) is 1. The number of carbonyl (C=O) groups excluding carboxylic acids is 1. The van der Waals surface area contributed by atoms with E-state index < -0.39 is 0 Å². The van der Waals surface area contributed by atoms with Gasteiger partial charge in [0.2, 0.25) is 5.91 Å². The van der Waals surface area contributed by atoms with Gasteiger partial charge in [-0.15, -0.1) is 0 Å². The molecule has 1 aliphatic rings. The van der Waals surface area contributed by atoms with Crippen molar-refractivity contribution in [1.82, 2.24) is 20.0 Å². The Bertz CT molecular complexity index is 833. The number of anilines is 2. The van der Waals surface area contributed by atoms with Gasteiger partial charge in [-0.05, 0) is 31.9 Å². The molecule has 0 unspecified atom stereocenters. The van der Waals surface area contributed by atoms with Gasteiger partial charge in [0.15, 0.2) is 5.96 Å². The van der Waals surface area contributed by atoms with Gasteiger partial charge in [0.1, 0.15) is 6.54 Å².